The molecular formula is C12H21N5O2S2. The Labute approximate surface area is 130 Å². The summed E-state index contributed by atoms with van der Waals surface area (Å²) in [5.41, 5.74) is 11.7. The van der Waals surface area contributed by atoms with Gasteiger partial charge in [-0.05, 0) is 12.8 Å². The maximum absolute atomic E-state index is 12.0. The van der Waals surface area contributed by atoms with Gasteiger partial charge in [-0.2, -0.15) is 0 Å². The van der Waals surface area contributed by atoms with Crippen LogP contribution in [0.3, 0.4) is 0 Å². The molecule has 0 aliphatic carbocycles. The summed E-state index contributed by atoms with van der Waals surface area (Å²) in [6.07, 6.45) is 3.44. The number of nitrogen functional groups attached to an aromatic ring is 1. The second-order valence-electron chi connectivity index (χ2n) is 5.07. The van der Waals surface area contributed by atoms with Crippen molar-refractivity contribution in [1.29, 1.82) is 0 Å². The zero-order valence-electron chi connectivity index (χ0n) is 12.0. The molecule has 7 nitrogen and oxygen atoms in total. The first-order chi connectivity index (χ1) is 9.97. The number of hydrogen-bond donors (Lipinski definition) is 3. The van der Waals surface area contributed by atoms with Gasteiger partial charge in [0.05, 0.1) is 0 Å². The molecule has 2 rings (SSSR count). The summed E-state index contributed by atoms with van der Waals surface area (Å²) >= 11 is 1.30. The number of carbonyl (C=O) groups excluding carboxylic acids is 1. The van der Waals surface area contributed by atoms with Gasteiger partial charge in [-0.3, -0.25) is 9.00 Å². The van der Waals surface area contributed by atoms with Gasteiger partial charge >= 0.3 is 0 Å². The molecule has 0 spiro atoms. The van der Waals surface area contributed by atoms with Crippen LogP contribution in [0.5, 0.6) is 0 Å². The van der Waals surface area contributed by atoms with Gasteiger partial charge in [0, 0.05) is 48.5 Å². The van der Waals surface area contributed by atoms with Crippen LogP contribution in [0.1, 0.15) is 22.5 Å². The van der Waals surface area contributed by atoms with Gasteiger partial charge in [0.25, 0.3) is 5.91 Å². The SMILES string of the molecule is CS(=O)CCNC(=O)c1sc(N2CCC(N)CC2)nc1N. The fourth-order valence-electron chi connectivity index (χ4n) is 2.10. The summed E-state index contributed by atoms with van der Waals surface area (Å²) in [6.45, 7) is 2.04. The van der Waals surface area contributed by atoms with Crippen LogP contribution in [0.2, 0.25) is 0 Å². The maximum atomic E-state index is 12.0. The van der Waals surface area contributed by atoms with E-state index < -0.39 is 10.8 Å². The summed E-state index contributed by atoms with van der Waals surface area (Å²) in [4.78, 5) is 18.9. The van der Waals surface area contributed by atoms with E-state index in [2.05, 4.69) is 15.2 Å². The van der Waals surface area contributed by atoms with Crippen LogP contribution in [0, 0.1) is 0 Å². The number of anilines is 2. The highest BCUT2D eigenvalue weighted by Crippen LogP contribution is 2.29. The van der Waals surface area contributed by atoms with Crippen molar-refractivity contribution >= 4 is 39.0 Å². The highest BCUT2D eigenvalue weighted by Gasteiger charge is 2.22. The largest absolute Gasteiger partial charge is 0.382 e. The van der Waals surface area contributed by atoms with Gasteiger partial charge in [0.1, 0.15) is 10.7 Å². The average molecular weight is 331 g/mol. The number of amides is 1. The first-order valence-corrected chi connectivity index (χ1v) is 9.36. The number of piperidine rings is 1. The topological polar surface area (TPSA) is 114 Å². The first-order valence-electron chi connectivity index (χ1n) is 6.82. The number of rotatable bonds is 5. The lowest BCUT2D eigenvalue weighted by atomic mass is 10.1. The zero-order chi connectivity index (χ0) is 15.4. The lowest BCUT2D eigenvalue weighted by Gasteiger charge is -2.29. The fourth-order valence-corrected chi connectivity index (χ4v) is 3.44. The Morgan fingerprint density at radius 2 is 2.19 bits per heavy atom. The number of thiazole rings is 1. The molecule has 1 fully saturated rings. The molecule has 9 heteroatoms. The highest BCUT2D eigenvalue weighted by molar-refractivity contribution is 7.84. The molecule has 2 heterocycles. The second-order valence-corrected chi connectivity index (χ2v) is 7.60. The molecule has 1 saturated heterocycles. The van der Waals surface area contributed by atoms with Crippen molar-refractivity contribution in [3.63, 3.8) is 0 Å². The van der Waals surface area contributed by atoms with Crippen LogP contribution >= 0.6 is 11.3 Å². The van der Waals surface area contributed by atoms with E-state index in [1.165, 1.54) is 11.3 Å². The highest BCUT2D eigenvalue weighted by atomic mass is 32.2. The Morgan fingerprint density at radius 3 is 2.81 bits per heavy atom. The molecule has 0 aromatic carbocycles. The third-order valence-corrected chi connectivity index (χ3v) is 5.24. The molecule has 0 radical (unpaired) electrons. The first kappa shape index (κ1) is 16.2. The van der Waals surface area contributed by atoms with Crippen molar-refractivity contribution < 1.29 is 9.00 Å². The number of nitrogens with two attached hydrogens (primary N) is 2. The standard InChI is InChI=1S/C12H21N5O2S2/c1-21(19)7-4-15-11(18)9-10(14)16-12(20-9)17-5-2-8(13)3-6-17/h8H,2-7,13-14H2,1H3,(H,15,18). The average Bonchev–Trinajstić information content (AvgIpc) is 2.81. The second kappa shape index (κ2) is 7.19. The molecule has 0 saturated carbocycles. The molecular weight excluding hydrogens is 310 g/mol. The Morgan fingerprint density at radius 1 is 1.52 bits per heavy atom. The van der Waals surface area contributed by atoms with Crippen molar-refractivity contribution in [2.24, 2.45) is 5.73 Å². The minimum atomic E-state index is -0.924. The normalized spacial score (nSPS) is 17.7. The molecule has 1 aliphatic heterocycles. The van der Waals surface area contributed by atoms with E-state index in [9.17, 15) is 9.00 Å². The molecule has 1 aliphatic rings. The van der Waals surface area contributed by atoms with Gasteiger partial charge in [-0.1, -0.05) is 11.3 Å². The van der Waals surface area contributed by atoms with Crippen molar-refractivity contribution in [3.05, 3.63) is 4.88 Å². The summed E-state index contributed by atoms with van der Waals surface area (Å²) in [5, 5.41) is 3.48. The van der Waals surface area contributed by atoms with Gasteiger partial charge in [0.15, 0.2) is 5.13 Å². The number of nitrogens with one attached hydrogen (secondary N) is 1. The van der Waals surface area contributed by atoms with Gasteiger partial charge in [0.2, 0.25) is 0 Å². The van der Waals surface area contributed by atoms with Crippen molar-refractivity contribution in [1.82, 2.24) is 10.3 Å². The Bertz CT molecular complexity index is 526. The minimum Gasteiger partial charge on any atom is -0.382 e. The van der Waals surface area contributed by atoms with E-state index in [4.69, 9.17) is 11.5 Å². The number of nitrogens with zero attached hydrogens (tertiary/aromatic N) is 2. The van der Waals surface area contributed by atoms with Gasteiger partial charge < -0.3 is 21.7 Å². The van der Waals surface area contributed by atoms with Crippen LogP contribution in [0.4, 0.5) is 10.9 Å². The smallest absolute Gasteiger partial charge is 0.265 e. The Kier molecular flexibility index (Phi) is 5.54. The number of carbonyl (C=O) groups is 1. The van der Waals surface area contributed by atoms with Crippen LogP contribution in [0.25, 0.3) is 0 Å². The molecule has 1 aromatic rings. The number of hydrogen-bond acceptors (Lipinski definition) is 7. The molecule has 0 bridgehead atoms. The fraction of sp³-hybridized carbons (Fsp3) is 0.667. The molecule has 118 valence electrons. The molecule has 1 aromatic heterocycles. The Hall–Kier alpha value is -1.19. The van der Waals surface area contributed by atoms with Crippen molar-refractivity contribution in [3.8, 4) is 0 Å². The number of aromatic nitrogens is 1. The molecule has 1 unspecified atom stereocenters. The lowest BCUT2D eigenvalue weighted by molar-refractivity contribution is 0.0961. The summed E-state index contributed by atoms with van der Waals surface area (Å²) in [6, 6.07) is 0.247. The van der Waals surface area contributed by atoms with E-state index in [0.29, 0.717) is 17.2 Å². The zero-order valence-corrected chi connectivity index (χ0v) is 13.6. The van der Waals surface area contributed by atoms with E-state index in [1.54, 1.807) is 6.26 Å². The molecule has 1 atom stereocenters. The monoisotopic (exact) mass is 331 g/mol. The summed E-state index contributed by atoms with van der Waals surface area (Å²) in [5.74, 6) is 0.428. The van der Waals surface area contributed by atoms with E-state index in [1.807, 2.05) is 0 Å². The third kappa shape index (κ3) is 4.39. The Balaban J connectivity index is 1.98. The lowest BCUT2D eigenvalue weighted by Crippen LogP contribution is -2.39. The van der Waals surface area contributed by atoms with Crippen LogP contribution in [-0.4, -0.2) is 52.8 Å². The van der Waals surface area contributed by atoms with Crippen LogP contribution in [-0.2, 0) is 10.8 Å². The van der Waals surface area contributed by atoms with E-state index in [-0.39, 0.29) is 17.8 Å². The van der Waals surface area contributed by atoms with Crippen LogP contribution in [0.15, 0.2) is 0 Å². The van der Waals surface area contributed by atoms with Gasteiger partial charge in [-0.25, -0.2) is 4.98 Å². The van der Waals surface area contributed by atoms with Crippen molar-refractivity contribution in [2.75, 3.05) is 42.3 Å². The molecule has 1 amide bonds. The predicted molar refractivity (Wildman–Crippen MR) is 87.2 cm³/mol. The minimum absolute atomic E-state index is 0.247. The van der Waals surface area contributed by atoms with Crippen molar-refractivity contribution in [2.45, 2.75) is 18.9 Å². The summed E-state index contributed by atoms with van der Waals surface area (Å²) in [7, 11) is -0.924. The van der Waals surface area contributed by atoms with Crippen LogP contribution < -0.4 is 21.7 Å². The third-order valence-electron chi connectivity index (χ3n) is 3.33. The molecule has 21 heavy (non-hydrogen) atoms. The summed E-state index contributed by atoms with van der Waals surface area (Å²) < 4.78 is 11.0. The van der Waals surface area contributed by atoms with E-state index >= 15 is 0 Å². The molecule has 5 N–H and O–H groups in total. The predicted octanol–water partition coefficient (Wildman–Crippen LogP) is -0.239. The quantitative estimate of drug-likeness (QED) is 0.686. The maximum Gasteiger partial charge on any atom is 0.265 e. The van der Waals surface area contributed by atoms with E-state index in [0.717, 1.165) is 31.1 Å². The van der Waals surface area contributed by atoms with Gasteiger partial charge in [-0.15, -0.1) is 0 Å².